The monoisotopic (exact) mass is 319 g/mol. The topological polar surface area (TPSA) is 55.8 Å². The molecule has 2 heterocycles. The number of hydrogen-bond acceptors (Lipinski definition) is 4. The van der Waals surface area contributed by atoms with Gasteiger partial charge in [0.2, 0.25) is 0 Å². The maximum atomic E-state index is 14.2. The number of amides is 1. The fourth-order valence-electron chi connectivity index (χ4n) is 3.25. The van der Waals surface area contributed by atoms with Crippen LogP contribution in [0.5, 0.6) is 0 Å². The van der Waals surface area contributed by atoms with Crippen molar-refractivity contribution in [3.05, 3.63) is 0 Å². The van der Waals surface area contributed by atoms with E-state index in [0.717, 1.165) is 4.90 Å². The molecule has 3 fully saturated rings. The van der Waals surface area contributed by atoms with E-state index in [9.17, 15) is 18.4 Å². The Bertz CT molecular complexity index is 451. The Kier molecular flexibility index (Phi) is 4.63. The van der Waals surface area contributed by atoms with Crippen molar-refractivity contribution in [1.29, 1.82) is 0 Å². The first kappa shape index (κ1) is 17.0. The molecule has 126 valence electrons. The van der Waals surface area contributed by atoms with Crippen LogP contribution in [0.1, 0.15) is 40.5 Å². The highest BCUT2D eigenvalue weighted by atomic mass is 19.2. The lowest BCUT2D eigenvalue weighted by atomic mass is 9.72. The maximum absolute atomic E-state index is 14.2. The van der Waals surface area contributed by atoms with Crippen LogP contribution in [0.15, 0.2) is 0 Å². The van der Waals surface area contributed by atoms with Crippen LogP contribution in [-0.2, 0) is 14.3 Å². The largest absolute Gasteiger partial charge is 0.464 e. The third-order valence-electron chi connectivity index (χ3n) is 4.07. The average molecular weight is 319 g/mol. The molecule has 0 spiro atoms. The number of carbonyl (C=O) groups is 2. The molecule has 3 aliphatic rings. The Hall–Kier alpha value is -1.40. The molecule has 0 aromatic carbocycles. The molecule has 1 aliphatic carbocycles. The molecule has 5 nitrogen and oxygen atoms in total. The molecule has 0 aromatic rings. The van der Waals surface area contributed by atoms with Crippen LogP contribution in [-0.4, -0.2) is 53.6 Å². The highest BCUT2D eigenvalue weighted by molar-refractivity contribution is 5.83. The third kappa shape index (κ3) is 3.03. The van der Waals surface area contributed by atoms with E-state index in [1.807, 2.05) is 0 Å². The fraction of sp³-hybridized carbons (Fsp3) is 0.867. The van der Waals surface area contributed by atoms with Crippen molar-refractivity contribution in [3.63, 3.8) is 0 Å². The summed E-state index contributed by atoms with van der Waals surface area (Å²) in [6.45, 7) is 6.78. The third-order valence-corrected chi connectivity index (χ3v) is 4.07. The number of esters is 1. The Morgan fingerprint density at radius 1 is 1.18 bits per heavy atom. The van der Waals surface area contributed by atoms with Crippen molar-refractivity contribution in [2.75, 3.05) is 6.61 Å². The second kappa shape index (κ2) is 6.01. The summed E-state index contributed by atoms with van der Waals surface area (Å²) in [6.07, 6.45) is -3.67. The van der Waals surface area contributed by atoms with E-state index in [4.69, 9.17) is 9.47 Å². The van der Waals surface area contributed by atoms with Gasteiger partial charge in [-0.15, -0.1) is 0 Å². The number of hydrogen-bond donors (Lipinski definition) is 0. The molecule has 2 aliphatic heterocycles. The smallest absolute Gasteiger partial charge is 0.411 e. The Labute approximate surface area is 128 Å². The SMILES string of the molecule is CCOC(=O)[C@@H]1C2CCC([C@H](F)[C@@H]2F)N1C(=O)OC(C)(C)C. The van der Waals surface area contributed by atoms with E-state index in [2.05, 4.69) is 0 Å². The van der Waals surface area contributed by atoms with Crippen LogP contribution < -0.4 is 0 Å². The van der Waals surface area contributed by atoms with Crippen molar-refractivity contribution in [1.82, 2.24) is 4.90 Å². The number of fused-ring (bicyclic) bond motifs is 3. The van der Waals surface area contributed by atoms with Gasteiger partial charge in [0.15, 0.2) is 6.17 Å². The molecular weight excluding hydrogens is 296 g/mol. The van der Waals surface area contributed by atoms with Gasteiger partial charge in [-0.25, -0.2) is 18.4 Å². The Balaban J connectivity index is 2.30. The van der Waals surface area contributed by atoms with Crippen LogP contribution in [0.2, 0.25) is 0 Å². The number of carbonyl (C=O) groups excluding carboxylic acids is 2. The van der Waals surface area contributed by atoms with Crippen LogP contribution in [0, 0.1) is 5.92 Å². The van der Waals surface area contributed by atoms with Crippen LogP contribution >= 0.6 is 0 Å². The molecule has 1 amide bonds. The molecule has 7 heteroatoms. The fourth-order valence-corrected chi connectivity index (χ4v) is 3.25. The number of rotatable bonds is 2. The Morgan fingerprint density at radius 2 is 1.82 bits per heavy atom. The van der Waals surface area contributed by atoms with Gasteiger partial charge in [-0.1, -0.05) is 0 Å². The summed E-state index contributed by atoms with van der Waals surface area (Å²) < 4.78 is 38.5. The summed E-state index contributed by atoms with van der Waals surface area (Å²) in [5.74, 6) is -1.58. The van der Waals surface area contributed by atoms with Gasteiger partial charge in [0.1, 0.15) is 17.8 Å². The first-order valence-corrected chi connectivity index (χ1v) is 7.63. The summed E-state index contributed by atoms with van der Waals surface area (Å²) in [4.78, 5) is 25.6. The second-order valence-electron chi connectivity index (χ2n) is 6.78. The van der Waals surface area contributed by atoms with Crippen molar-refractivity contribution >= 4 is 12.1 Å². The summed E-state index contributed by atoms with van der Waals surface area (Å²) in [5, 5.41) is 0. The van der Waals surface area contributed by atoms with E-state index in [-0.39, 0.29) is 6.61 Å². The van der Waals surface area contributed by atoms with Gasteiger partial charge >= 0.3 is 12.1 Å². The van der Waals surface area contributed by atoms with E-state index in [1.54, 1.807) is 27.7 Å². The van der Waals surface area contributed by atoms with Gasteiger partial charge in [0.05, 0.1) is 12.6 Å². The van der Waals surface area contributed by atoms with Crippen LogP contribution in [0.4, 0.5) is 13.6 Å². The number of nitrogens with zero attached hydrogens (tertiary/aromatic N) is 1. The first-order chi connectivity index (χ1) is 10.2. The molecule has 22 heavy (non-hydrogen) atoms. The lowest BCUT2D eigenvalue weighted by molar-refractivity contribution is -0.169. The quantitative estimate of drug-likeness (QED) is 0.734. The lowest BCUT2D eigenvalue weighted by Crippen LogP contribution is -2.69. The molecule has 5 atom stereocenters. The molecule has 3 rings (SSSR count). The minimum Gasteiger partial charge on any atom is -0.464 e. The number of piperidine rings is 2. The van der Waals surface area contributed by atoms with Gasteiger partial charge in [0.25, 0.3) is 0 Å². The molecule has 2 unspecified atom stereocenters. The number of halogens is 2. The molecule has 1 saturated carbocycles. The van der Waals surface area contributed by atoms with Crippen molar-refractivity contribution in [3.8, 4) is 0 Å². The van der Waals surface area contributed by atoms with Crippen molar-refractivity contribution < 1.29 is 27.8 Å². The van der Waals surface area contributed by atoms with Crippen LogP contribution in [0.3, 0.4) is 0 Å². The van der Waals surface area contributed by atoms with Gasteiger partial charge in [-0.2, -0.15) is 0 Å². The highest BCUT2D eigenvalue weighted by Crippen LogP contribution is 2.44. The average Bonchev–Trinajstić information content (AvgIpc) is 2.41. The minimum absolute atomic E-state index is 0.116. The zero-order chi connectivity index (χ0) is 16.7. The Morgan fingerprint density at radius 3 is 2.36 bits per heavy atom. The standard InChI is InChI=1S/C15H23F2NO4/c1-5-21-13(19)12-8-6-7-9(11(17)10(8)16)18(12)14(20)22-15(2,3)4/h8-12H,5-7H2,1-4H3/t8?,9?,10-,11+,12+/m1/s1. The first-order valence-electron chi connectivity index (χ1n) is 7.63. The molecular formula is C15H23F2NO4. The minimum atomic E-state index is -1.79. The summed E-state index contributed by atoms with van der Waals surface area (Å²) in [5.41, 5.74) is -0.784. The molecule has 0 N–H and O–H groups in total. The molecule has 0 aromatic heterocycles. The van der Waals surface area contributed by atoms with Gasteiger partial charge in [-0.3, -0.25) is 4.90 Å². The zero-order valence-electron chi connectivity index (χ0n) is 13.3. The molecule has 2 saturated heterocycles. The lowest BCUT2D eigenvalue weighted by Gasteiger charge is -2.52. The highest BCUT2D eigenvalue weighted by Gasteiger charge is 2.59. The normalized spacial score (nSPS) is 34.5. The van der Waals surface area contributed by atoms with Crippen molar-refractivity contribution in [2.24, 2.45) is 5.92 Å². The predicted octanol–water partition coefficient (Wildman–Crippen LogP) is 2.62. The van der Waals surface area contributed by atoms with Gasteiger partial charge < -0.3 is 9.47 Å². The summed E-state index contributed by atoms with van der Waals surface area (Å²) in [6, 6.07) is -2.10. The van der Waals surface area contributed by atoms with E-state index < -0.39 is 48.0 Å². The number of alkyl halides is 2. The van der Waals surface area contributed by atoms with Gasteiger partial charge in [-0.05, 0) is 40.5 Å². The summed E-state index contributed by atoms with van der Waals surface area (Å²) >= 11 is 0. The second-order valence-corrected chi connectivity index (χ2v) is 6.78. The zero-order valence-corrected chi connectivity index (χ0v) is 13.3. The van der Waals surface area contributed by atoms with Gasteiger partial charge in [0, 0.05) is 5.92 Å². The maximum Gasteiger partial charge on any atom is 0.411 e. The van der Waals surface area contributed by atoms with E-state index in [1.165, 1.54) is 0 Å². The molecule has 2 bridgehead atoms. The van der Waals surface area contributed by atoms with Crippen molar-refractivity contribution in [2.45, 2.75) is 70.6 Å². The van der Waals surface area contributed by atoms with Crippen LogP contribution in [0.25, 0.3) is 0 Å². The molecule has 0 radical (unpaired) electrons. The van der Waals surface area contributed by atoms with E-state index in [0.29, 0.717) is 12.8 Å². The van der Waals surface area contributed by atoms with E-state index >= 15 is 0 Å². The predicted molar refractivity (Wildman–Crippen MR) is 74.8 cm³/mol. The number of ether oxygens (including phenoxy) is 2. The summed E-state index contributed by atoms with van der Waals surface area (Å²) in [7, 11) is 0.